The Balaban J connectivity index is 1.78. The van der Waals surface area contributed by atoms with Crippen LogP contribution in [0.2, 0.25) is 0 Å². The highest BCUT2D eigenvalue weighted by atomic mass is 79.9. The Labute approximate surface area is 131 Å². The van der Waals surface area contributed by atoms with E-state index in [2.05, 4.69) is 31.3 Å². The van der Waals surface area contributed by atoms with Crippen molar-refractivity contribution in [3.63, 3.8) is 0 Å². The average Bonchev–Trinajstić information content (AvgIpc) is 3.08. The fourth-order valence-electron chi connectivity index (χ4n) is 1.72. The molecule has 0 bridgehead atoms. The molecule has 0 N–H and O–H groups in total. The molecule has 2 aromatic heterocycles. The summed E-state index contributed by atoms with van der Waals surface area (Å²) in [5, 5.41) is 11.8. The van der Waals surface area contributed by atoms with E-state index in [4.69, 9.17) is 0 Å². The van der Waals surface area contributed by atoms with Gasteiger partial charge in [0.2, 0.25) is 5.82 Å². The van der Waals surface area contributed by atoms with Gasteiger partial charge in [-0.05, 0) is 45.4 Å². The molecule has 8 heteroatoms. The number of nitrogens with zero attached hydrogens (tertiary/aromatic N) is 4. The van der Waals surface area contributed by atoms with Gasteiger partial charge in [0.15, 0.2) is 5.78 Å². The van der Waals surface area contributed by atoms with Crippen molar-refractivity contribution in [3.05, 3.63) is 50.9 Å². The lowest BCUT2D eigenvalue weighted by atomic mass is 10.2. The smallest absolute Gasteiger partial charge is 0.205 e. The van der Waals surface area contributed by atoms with Crippen molar-refractivity contribution in [1.82, 2.24) is 20.2 Å². The minimum atomic E-state index is -0.372. The Morgan fingerprint density at radius 3 is 2.90 bits per heavy atom. The molecule has 0 unspecified atom stereocenters. The number of thiophene rings is 1. The maximum Gasteiger partial charge on any atom is 0.205 e. The summed E-state index contributed by atoms with van der Waals surface area (Å²) >= 11 is 4.66. The number of carbonyl (C=O) groups excluding carboxylic acids is 1. The van der Waals surface area contributed by atoms with Gasteiger partial charge in [-0.2, -0.15) is 4.80 Å². The van der Waals surface area contributed by atoms with E-state index in [-0.39, 0.29) is 24.0 Å². The van der Waals surface area contributed by atoms with Gasteiger partial charge in [-0.1, -0.05) is 12.1 Å². The van der Waals surface area contributed by atoms with Crippen LogP contribution in [-0.2, 0) is 6.54 Å². The number of aromatic nitrogens is 4. The third kappa shape index (κ3) is 3.22. The number of hydrogen-bond donors (Lipinski definition) is 0. The van der Waals surface area contributed by atoms with E-state index in [1.807, 2.05) is 6.07 Å². The monoisotopic (exact) mass is 366 g/mol. The zero-order valence-corrected chi connectivity index (χ0v) is 12.9. The summed E-state index contributed by atoms with van der Waals surface area (Å²) in [6.45, 7) is -0.00469. The zero-order valence-electron chi connectivity index (χ0n) is 10.5. The van der Waals surface area contributed by atoms with Crippen LogP contribution in [0, 0.1) is 5.82 Å². The minimum Gasteiger partial charge on any atom is -0.291 e. The number of rotatable bonds is 4. The SMILES string of the molecule is O=C(Cn1nnc(-c2cccc(F)c2)n1)c1ccc(Br)s1. The quantitative estimate of drug-likeness (QED) is 0.665. The first-order chi connectivity index (χ1) is 10.1. The molecule has 0 saturated carbocycles. The molecule has 3 aromatic rings. The van der Waals surface area contributed by atoms with Crippen molar-refractivity contribution in [1.29, 1.82) is 0 Å². The van der Waals surface area contributed by atoms with Gasteiger partial charge in [0.05, 0.1) is 8.66 Å². The second kappa shape index (κ2) is 5.82. The predicted molar refractivity (Wildman–Crippen MR) is 79.6 cm³/mol. The highest BCUT2D eigenvalue weighted by molar-refractivity contribution is 9.11. The van der Waals surface area contributed by atoms with Crippen LogP contribution in [0.15, 0.2) is 40.2 Å². The van der Waals surface area contributed by atoms with Crippen molar-refractivity contribution >= 4 is 33.0 Å². The van der Waals surface area contributed by atoms with Crippen molar-refractivity contribution < 1.29 is 9.18 Å². The summed E-state index contributed by atoms with van der Waals surface area (Å²) in [6.07, 6.45) is 0. The van der Waals surface area contributed by atoms with Crippen LogP contribution in [0.4, 0.5) is 4.39 Å². The topological polar surface area (TPSA) is 60.7 Å². The molecule has 0 aliphatic heterocycles. The van der Waals surface area contributed by atoms with E-state index in [1.54, 1.807) is 18.2 Å². The first-order valence-electron chi connectivity index (χ1n) is 5.94. The first-order valence-corrected chi connectivity index (χ1v) is 7.55. The lowest BCUT2D eigenvalue weighted by Gasteiger charge is -1.96. The Hall–Kier alpha value is -1.93. The summed E-state index contributed by atoms with van der Waals surface area (Å²) in [7, 11) is 0. The van der Waals surface area contributed by atoms with Crippen LogP contribution < -0.4 is 0 Å². The maximum atomic E-state index is 13.2. The predicted octanol–water partition coefficient (Wildman–Crippen LogP) is 3.19. The van der Waals surface area contributed by atoms with Gasteiger partial charge < -0.3 is 0 Å². The second-order valence-corrected chi connectivity index (χ2v) is 6.64. The third-order valence-electron chi connectivity index (χ3n) is 2.67. The van der Waals surface area contributed by atoms with E-state index in [0.717, 1.165) is 3.79 Å². The number of benzene rings is 1. The lowest BCUT2D eigenvalue weighted by molar-refractivity contribution is 0.0965. The number of hydrogen-bond acceptors (Lipinski definition) is 5. The highest BCUT2D eigenvalue weighted by Gasteiger charge is 2.13. The largest absolute Gasteiger partial charge is 0.291 e. The number of carbonyl (C=O) groups is 1. The van der Waals surface area contributed by atoms with Gasteiger partial charge in [0.25, 0.3) is 0 Å². The lowest BCUT2D eigenvalue weighted by Crippen LogP contribution is -2.12. The Bertz CT molecular complexity index is 801. The van der Waals surface area contributed by atoms with Gasteiger partial charge >= 0.3 is 0 Å². The second-order valence-electron chi connectivity index (χ2n) is 4.18. The van der Waals surface area contributed by atoms with Crippen molar-refractivity contribution in [2.45, 2.75) is 6.54 Å². The van der Waals surface area contributed by atoms with Crippen LogP contribution in [0.3, 0.4) is 0 Å². The molecule has 0 radical (unpaired) electrons. The first kappa shape index (κ1) is 14.0. The molecule has 0 aliphatic rings. The van der Waals surface area contributed by atoms with Gasteiger partial charge in [-0.3, -0.25) is 4.79 Å². The van der Waals surface area contributed by atoms with Gasteiger partial charge in [-0.15, -0.1) is 21.5 Å². The number of Topliss-reactive ketones (excluding diaryl/α,β-unsaturated/α-hetero) is 1. The van der Waals surface area contributed by atoms with E-state index in [0.29, 0.717) is 10.4 Å². The molecule has 106 valence electrons. The van der Waals surface area contributed by atoms with E-state index < -0.39 is 0 Å². The Morgan fingerprint density at radius 1 is 1.33 bits per heavy atom. The summed E-state index contributed by atoms with van der Waals surface area (Å²) in [5.41, 5.74) is 0.521. The normalized spacial score (nSPS) is 10.8. The molecule has 0 amide bonds. The van der Waals surface area contributed by atoms with Crippen molar-refractivity contribution in [2.75, 3.05) is 0 Å². The molecular formula is C13H8BrFN4OS. The summed E-state index contributed by atoms with van der Waals surface area (Å²) < 4.78 is 14.0. The number of tetrazole rings is 1. The van der Waals surface area contributed by atoms with E-state index in [1.165, 1.54) is 28.3 Å². The zero-order chi connectivity index (χ0) is 14.8. The van der Waals surface area contributed by atoms with Gasteiger partial charge in [0.1, 0.15) is 12.4 Å². The van der Waals surface area contributed by atoms with Crippen LogP contribution >= 0.6 is 27.3 Å². The molecule has 0 spiro atoms. The third-order valence-corrected chi connectivity index (χ3v) is 4.33. The molecule has 5 nitrogen and oxygen atoms in total. The molecule has 21 heavy (non-hydrogen) atoms. The Kier molecular flexibility index (Phi) is 3.89. The van der Waals surface area contributed by atoms with Crippen LogP contribution in [0.25, 0.3) is 11.4 Å². The molecule has 0 aliphatic carbocycles. The van der Waals surface area contributed by atoms with Crippen LogP contribution in [0.1, 0.15) is 9.67 Å². The molecule has 1 aromatic carbocycles. The fraction of sp³-hybridized carbons (Fsp3) is 0.0769. The van der Waals surface area contributed by atoms with Crippen LogP contribution in [-0.4, -0.2) is 26.0 Å². The molecule has 3 rings (SSSR count). The van der Waals surface area contributed by atoms with E-state index in [9.17, 15) is 9.18 Å². The highest BCUT2D eigenvalue weighted by Crippen LogP contribution is 2.22. The minimum absolute atomic E-state index is 0.00469. The maximum absolute atomic E-state index is 13.2. The van der Waals surface area contributed by atoms with Gasteiger partial charge in [0, 0.05) is 5.56 Å². The van der Waals surface area contributed by atoms with Gasteiger partial charge in [-0.25, -0.2) is 4.39 Å². The standard InChI is InChI=1S/C13H8BrFN4OS/c14-12-5-4-11(21-12)10(20)7-19-17-13(16-18-19)8-2-1-3-9(15)6-8/h1-6H,7H2. The summed E-state index contributed by atoms with van der Waals surface area (Å²) in [5.74, 6) is -0.188. The molecule has 2 heterocycles. The van der Waals surface area contributed by atoms with E-state index >= 15 is 0 Å². The summed E-state index contributed by atoms with van der Waals surface area (Å²) in [6, 6.07) is 9.46. The molecule has 0 atom stereocenters. The Morgan fingerprint density at radius 2 is 2.19 bits per heavy atom. The average molecular weight is 367 g/mol. The molecule has 0 fully saturated rings. The number of halogens is 2. The van der Waals surface area contributed by atoms with Crippen molar-refractivity contribution in [3.8, 4) is 11.4 Å². The fourth-order valence-corrected chi connectivity index (χ4v) is 3.04. The van der Waals surface area contributed by atoms with Crippen LogP contribution in [0.5, 0.6) is 0 Å². The van der Waals surface area contributed by atoms with Crippen molar-refractivity contribution in [2.24, 2.45) is 0 Å². The summed E-state index contributed by atoms with van der Waals surface area (Å²) in [4.78, 5) is 13.8. The molecular weight excluding hydrogens is 359 g/mol. The number of ketones is 1. The molecule has 0 saturated heterocycles.